The summed E-state index contributed by atoms with van der Waals surface area (Å²) in [7, 11) is 0. The highest BCUT2D eigenvalue weighted by Crippen LogP contribution is 2.47. The van der Waals surface area contributed by atoms with Gasteiger partial charge in [0, 0.05) is 29.5 Å². The van der Waals surface area contributed by atoms with E-state index >= 15 is 0 Å². The zero-order valence-corrected chi connectivity index (χ0v) is 19.4. The van der Waals surface area contributed by atoms with Crippen LogP contribution in [0.1, 0.15) is 74.2 Å². The lowest BCUT2D eigenvalue weighted by atomic mass is 9.66. The third kappa shape index (κ3) is 5.12. The van der Waals surface area contributed by atoms with E-state index in [0.29, 0.717) is 41.0 Å². The van der Waals surface area contributed by atoms with Gasteiger partial charge in [0.15, 0.2) is 11.9 Å². The van der Waals surface area contributed by atoms with Gasteiger partial charge in [0.25, 0.3) is 5.91 Å². The minimum absolute atomic E-state index is 0.123. The quantitative estimate of drug-likeness (QED) is 0.565. The molecule has 2 saturated carbocycles. The summed E-state index contributed by atoms with van der Waals surface area (Å²) >= 11 is 5.97. The van der Waals surface area contributed by atoms with Gasteiger partial charge in [-0.05, 0) is 50.3 Å². The van der Waals surface area contributed by atoms with E-state index in [1.165, 1.54) is 0 Å². The Kier molecular flexibility index (Phi) is 6.43. The van der Waals surface area contributed by atoms with Gasteiger partial charge in [0.1, 0.15) is 5.75 Å². The van der Waals surface area contributed by atoms with Crippen molar-refractivity contribution in [1.82, 2.24) is 15.5 Å². The molecule has 0 radical (unpaired) electrons. The van der Waals surface area contributed by atoms with Gasteiger partial charge < -0.3 is 19.7 Å². The van der Waals surface area contributed by atoms with E-state index in [4.69, 9.17) is 20.9 Å². The Morgan fingerprint density at radius 2 is 2.06 bits per heavy atom. The number of nitrogens with zero attached hydrogens (tertiary/aromatic N) is 2. The monoisotopic (exact) mass is 515 g/mol. The Balaban J connectivity index is 1.14. The highest BCUT2D eigenvalue weighted by molar-refractivity contribution is 6.30. The Morgan fingerprint density at radius 3 is 2.74 bits per heavy atom. The number of hydrogen-bond acceptors (Lipinski definition) is 7. The summed E-state index contributed by atoms with van der Waals surface area (Å²) in [5, 5.41) is 17.7. The lowest BCUT2D eigenvalue weighted by Crippen LogP contribution is -2.44. The summed E-state index contributed by atoms with van der Waals surface area (Å²) in [5.74, 6) is 0.755. The van der Waals surface area contributed by atoms with E-state index in [0.717, 1.165) is 19.3 Å². The molecule has 2 aliphatic carbocycles. The van der Waals surface area contributed by atoms with E-state index < -0.39 is 24.7 Å². The molecule has 2 atom stereocenters. The van der Waals surface area contributed by atoms with Gasteiger partial charge in [-0.3, -0.25) is 9.53 Å². The summed E-state index contributed by atoms with van der Waals surface area (Å²) in [6, 6.07) is 4.90. The largest absolute Gasteiger partial charge is 0.522 e. The smallest absolute Gasteiger partial charge is 0.480 e. The number of aliphatic hydroxyl groups is 1. The molecule has 8 nitrogen and oxygen atoms in total. The average Bonchev–Trinajstić information content (AvgIpc) is 3.21. The van der Waals surface area contributed by atoms with E-state index in [1.807, 2.05) is 0 Å². The first kappa shape index (κ1) is 24.3. The van der Waals surface area contributed by atoms with Crippen molar-refractivity contribution in [3.63, 3.8) is 0 Å². The molecule has 2 fully saturated rings. The molecular formula is C23H25ClF3N3O5. The number of halogens is 4. The molecule has 2 aromatic rings. The molecule has 35 heavy (non-hydrogen) atoms. The molecule has 0 bridgehead atoms. The van der Waals surface area contributed by atoms with E-state index in [1.54, 1.807) is 18.2 Å². The van der Waals surface area contributed by atoms with Crippen LogP contribution in [0.2, 0.25) is 5.02 Å². The van der Waals surface area contributed by atoms with E-state index in [9.17, 15) is 23.1 Å². The minimum atomic E-state index is -4.64. The van der Waals surface area contributed by atoms with Crippen LogP contribution in [0.5, 0.6) is 5.75 Å². The van der Waals surface area contributed by atoms with Gasteiger partial charge in [-0.1, -0.05) is 23.2 Å². The van der Waals surface area contributed by atoms with Gasteiger partial charge in [-0.15, -0.1) is 13.2 Å². The van der Waals surface area contributed by atoms with Crippen molar-refractivity contribution in [2.24, 2.45) is 0 Å². The predicted molar refractivity (Wildman–Crippen MR) is 116 cm³/mol. The summed E-state index contributed by atoms with van der Waals surface area (Å²) in [5.41, 5.74) is 0.199. The molecule has 0 spiro atoms. The van der Waals surface area contributed by atoms with Crippen LogP contribution >= 0.6 is 11.6 Å². The van der Waals surface area contributed by atoms with Gasteiger partial charge in [0.2, 0.25) is 5.89 Å². The van der Waals surface area contributed by atoms with Gasteiger partial charge >= 0.3 is 6.36 Å². The lowest BCUT2D eigenvalue weighted by Gasteiger charge is -2.38. The highest BCUT2D eigenvalue weighted by atomic mass is 35.5. The second-order valence-corrected chi connectivity index (χ2v) is 9.96. The molecule has 190 valence electrons. The summed E-state index contributed by atoms with van der Waals surface area (Å²) in [6.07, 6.45) is -3.47. The van der Waals surface area contributed by atoms with Crippen LogP contribution < -0.4 is 10.1 Å². The molecule has 1 aliphatic heterocycles. The molecule has 12 heteroatoms. The molecular weight excluding hydrogens is 491 g/mol. The third-order valence-corrected chi connectivity index (χ3v) is 7.43. The normalized spacial score (nSPS) is 27.2. The van der Waals surface area contributed by atoms with Crippen LogP contribution in [0.4, 0.5) is 13.2 Å². The predicted octanol–water partition coefficient (Wildman–Crippen LogP) is 4.32. The number of aliphatic hydroxyl groups excluding tert-OH is 1. The van der Waals surface area contributed by atoms with Crippen LogP contribution in [0.15, 0.2) is 22.7 Å². The number of amides is 1. The van der Waals surface area contributed by atoms with Crippen LogP contribution in [0.3, 0.4) is 0 Å². The van der Waals surface area contributed by atoms with Crippen molar-refractivity contribution in [3.05, 3.63) is 40.5 Å². The van der Waals surface area contributed by atoms with E-state index in [-0.39, 0.29) is 36.5 Å². The molecule has 1 amide bonds. The summed E-state index contributed by atoms with van der Waals surface area (Å²) in [4.78, 5) is 17.2. The van der Waals surface area contributed by atoms with Crippen molar-refractivity contribution >= 4 is 17.5 Å². The number of alkyl halides is 3. The van der Waals surface area contributed by atoms with Crippen LogP contribution in [0.25, 0.3) is 0 Å². The molecule has 2 N–H and O–H groups in total. The number of carbonyl (C=O) groups excluding carboxylic acids is 1. The first-order valence-corrected chi connectivity index (χ1v) is 12.0. The molecule has 3 aliphatic rings. The number of hydrogen-bond donors (Lipinski definition) is 2. The van der Waals surface area contributed by atoms with Crippen molar-refractivity contribution in [2.75, 3.05) is 6.54 Å². The summed E-state index contributed by atoms with van der Waals surface area (Å²) < 4.78 is 52.3. The first-order chi connectivity index (χ1) is 16.6. The Bertz CT molecular complexity index is 1080. The maximum atomic E-state index is 12.7. The Morgan fingerprint density at radius 1 is 1.29 bits per heavy atom. The third-order valence-electron chi connectivity index (χ3n) is 7.20. The van der Waals surface area contributed by atoms with Crippen molar-refractivity contribution < 1.29 is 37.1 Å². The molecule has 1 aromatic carbocycles. The maximum Gasteiger partial charge on any atom is 0.522 e. The standard InChI is InChI=1S/C23H25ClF3N3O5/c24-13-2-3-17-15(10-13)16(31)11-18(33-17)20(32)28-7-6-22(4-1-5-22)21-29-19(30-35-21)12-8-14(9-12)34-23(25,26)27/h2-3,10,12,14,16,18,31H,1,4-9,11H2,(H,28,32)/t12-,14+,16-,18-/m0/s1. The number of rotatable bonds is 7. The fraction of sp³-hybridized carbons (Fsp3) is 0.609. The number of aromatic nitrogens is 2. The topological polar surface area (TPSA) is 107 Å². The van der Waals surface area contributed by atoms with Crippen molar-refractivity contribution in [1.29, 1.82) is 0 Å². The fourth-order valence-electron chi connectivity index (χ4n) is 4.97. The molecule has 1 aromatic heterocycles. The second-order valence-electron chi connectivity index (χ2n) is 9.53. The SMILES string of the molecule is O=C(NCCC1(c2nc([C@H]3C[C@@H](OC(F)(F)F)C3)no2)CCC1)[C@@H]1C[C@H](O)c2cc(Cl)ccc2O1. The molecule has 0 unspecified atom stereocenters. The zero-order chi connectivity index (χ0) is 24.8. The van der Waals surface area contributed by atoms with E-state index in [2.05, 4.69) is 20.2 Å². The average molecular weight is 516 g/mol. The summed E-state index contributed by atoms with van der Waals surface area (Å²) in [6.45, 7) is 0.352. The molecule has 0 saturated heterocycles. The van der Waals surface area contributed by atoms with Crippen LogP contribution in [-0.2, 0) is 14.9 Å². The van der Waals surface area contributed by atoms with Crippen LogP contribution in [0, 0.1) is 0 Å². The number of fused-ring (bicyclic) bond motifs is 1. The number of nitrogens with one attached hydrogen (secondary N) is 1. The molecule has 5 rings (SSSR count). The first-order valence-electron chi connectivity index (χ1n) is 11.6. The minimum Gasteiger partial charge on any atom is -0.480 e. The Hall–Kier alpha value is -2.37. The van der Waals surface area contributed by atoms with Gasteiger partial charge in [0.05, 0.1) is 17.6 Å². The van der Waals surface area contributed by atoms with Crippen molar-refractivity contribution in [3.8, 4) is 5.75 Å². The van der Waals surface area contributed by atoms with Gasteiger partial charge in [-0.25, -0.2) is 0 Å². The molecule has 2 heterocycles. The van der Waals surface area contributed by atoms with Gasteiger partial charge in [-0.2, -0.15) is 4.98 Å². The second kappa shape index (κ2) is 9.25. The number of ether oxygens (including phenoxy) is 2. The lowest BCUT2D eigenvalue weighted by molar-refractivity contribution is -0.352. The fourth-order valence-corrected chi connectivity index (χ4v) is 5.15. The maximum absolute atomic E-state index is 12.7. The highest BCUT2D eigenvalue weighted by Gasteiger charge is 2.46. The van der Waals surface area contributed by atoms with Crippen LogP contribution in [-0.4, -0.2) is 46.3 Å². The Labute approximate surface area is 204 Å². The number of carbonyl (C=O) groups is 1. The zero-order valence-electron chi connectivity index (χ0n) is 18.7. The number of benzene rings is 1. The van der Waals surface area contributed by atoms with Crippen molar-refractivity contribution in [2.45, 2.75) is 81.0 Å².